The molecular weight excluding hydrogens is 212 g/mol. The maximum Gasteiger partial charge on any atom is 0.218 e. The van der Waals surface area contributed by atoms with Crippen LogP contribution in [0.2, 0.25) is 0 Å². The van der Waals surface area contributed by atoms with Gasteiger partial charge in [0.1, 0.15) is 0 Å². The van der Waals surface area contributed by atoms with Crippen LogP contribution < -0.4 is 11.3 Å². The third-order valence-electron chi connectivity index (χ3n) is 3.74. The topological polar surface area (TPSA) is 55.9 Å². The second kappa shape index (κ2) is 4.04. The van der Waals surface area contributed by atoms with Crippen LogP contribution >= 0.6 is 0 Å². The molecule has 0 aliphatic heterocycles. The summed E-state index contributed by atoms with van der Waals surface area (Å²) in [6.45, 7) is 2.09. The Balaban J connectivity index is 2.22. The van der Waals surface area contributed by atoms with Crippen molar-refractivity contribution in [2.24, 2.45) is 5.84 Å². The Kier molecular flexibility index (Phi) is 2.52. The molecule has 1 aromatic heterocycles. The van der Waals surface area contributed by atoms with Crippen molar-refractivity contribution < 1.29 is 0 Å². The van der Waals surface area contributed by atoms with Gasteiger partial charge in [0, 0.05) is 6.04 Å². The molecule has 1 heterocycles. The number of hydrogen-bond donors (Lipinski definition) is 2. The van der Waals surface area contributed by atoms with Crippen LogP contribution in [-0.4, -0.2) is 9.55 Å². The van der Waals surface area contributed by atoms with Crippen LogP contribution in [0, 0.1) is 6.92 Å². The van der Waals surface area contributed by atoms with Gasteiger partial charge in [0.05, 0.1) is 11.0 Å². The lowest BCUT2D eigenvalue weighted by atomic mass is 10.2. The van der Waals surface area contributed by atoms with Crippen molar-refractivity contribution in [3.05, 3.63) is 23.8 Å². The zero-order valence-corrected chi connectivity index (χ0v) is 10.1. The molecule has 2 aromatic rings. The zero-order valence-electron chi connectivity index (χ0n) is 10.1. The van der Waals surface area contributed by atoms with Crippen LogP contribution in [0.5, 0.6) is 0 Å². The van der Waals surface area contributed by atoms with Crippen molar-refractivity contribution in [3.8, 4) is 0 Å². The summed E-state index contributed by atoms with van der Waals surface area (Å²) in [6, 6.07) is 6.86. The molecule has 3 N–H and O–H groups in total. The number of aromatic nitrogens is 2. The van der Waals surface area contributed by atoms with Gasteiger partial charge >= 0.3 is 0 Å². The van der Waals surface area contributed by atoms with Gasteiger partial charge in [-0.15, -0.1) is 0 Å². The Hall–Kier alpha value is -1.55. The van der Waals surface area contributed by atoms with E-state index in [2.05, 4.69) is 40.1 Å². The molecule has 1 saturated carbocycles. The van der Waals surface area contributed by atoms with Crippen LogP contribution in [0.15, 0.2) is 18.2 Å². The minimum atomic E-state index is 0.549. The molecule has 4 nitrogen and oxygen atoms in total. The highest BCUT2D eigenvalue weighted by Gasteiger charge is 2.22. The molecule has 0 bridgehead atoms. The zero-order chi connectivity index (χ0) is 11.8. The number of hydrazine groups is 1. The Labute approximate surface area is 101 Å². The molecule has 1 aliphatic rings. The highest BCUT2D eigenvalue weighted by atomic mass is 15.3. The second-order valence-corrected chi connectivity index (χ2v) is 4.83. The second-order valence-electron chi connectivity index (χ2n) is 4.83. The van der Waals surface area contributed by atoms with E-state index in [-0.39, 0.29) is 0 Å². The first-order valence-electron chi connectivity index (χ1n) is 6.25. The maximum atomic E-state index is 5.60. The first-order chi connectivity index (χ1) is 8.31. The molecule has 90 valence electrons. The number of nitrogen functional groups attached to an aromatic ring is 1. The van der Waals surface area contributed by atoms with Gasteiger partial charge in [-0.05, 0) is 31.4 Å². The fourth-order valence-electron chi connectivity index (χ4n) is 2.89. The smallest absolute Gasteiger partial charge is 0.218 e. The van der Waals surface area contributed by atoms with Gasteiger partial charge in [0.2, 0.25) is 5.95 Å². The van der Waals surface area contributed by atoms with E-state index in [0.29, 0.717) is 6.04 Å². The molecular formula is C13H18N4. The number of nitrogens with zero attached hydrogens (tertiary/aromatic N) is 2. The predicted molar refractivity (Wildman–Crippen MR) is 69.8 cm³/mol. The molecule has 0 atom stereocenters. The third-order valence-corrected chi connectivity index (χ3v) is 3.74. The van der Waals surface area contributed by atoms with Crippen molar-refractivity contribution in [1.82, 2.24) is 9.55 Å². The number of hydrogen-bond acceptors (Lipinski definition) is 3. The minimum absolute atomic E-state index is 0.549. The van der Waals surface area contributed by atoms with Crippen molar-refractivity contribution in [1.29, 1.82) is 0 Å². The molecule has 3 rings (SSSR count). The van der Waals surface area contributed by atoms with E-state index >= 15 is 0 Å². The summed E-state index contributed by atoms with van der Waals surface area (Å²) >= 11 is 0. The lowest BCUT2D eigenvalue weighted by Gasteiger charge is -2.15. The summed E-state index contributed by atoms with van der Waals surface area (Å²) in [5.74, 6) is 6.39. The first-order valence-corrected chi connectivity index (χ1v) is 6.25. The van der Waals surface area contributed by atoms with E-state index in [1.165, 1.54) is 36.8 Å². The van der Waals surface area contributed by atoms with Gasteiger partial charge in [-0.25, -0.2) is 10.8 Å². The summed E-state index contributed by atoms with van der Waals surface area (Å²) in [5.41, 5.74) is 6.21. The van der Waals surface area contributed by atoms with Crippen molar-refractivity contribution in [2.45, 2.75) is 38.6 Å². The molecule has 17 heavy (non-hydrogen) atoms. The van der Waals surface area contributed by atoms with Crippen LogP contribution in [0.4, 0.5) is 5.95 Å². The molecule has 4 heteroatoms. The Bertz CT molecular complexity index is 538. The van der Waals surface area contributed by atoms with Crippen molar-refractivity contribution in [3.63, 3.8) is 0 Å². The molecule has 1 aromatic carbocycles. The van der Waals surface area contributed by atoms with E-state index < -0.39 is 0 Å². The van der Waals surface area contributed by atoms with Gasteiger partial charge in [-0.1, -0.05) is 25.0 Å². The summed E-state index contributed by atoms with van der Waals surface area (Å²) in [5, 5.41) is 0. The average molecular weight is 230 g/mol. The highest BCUT2D eigenvalue weighted by Crippen LogP contribution is 2.35. The third kappa shape index (κ3) is 1.60. The van der Waals surface area contributed by atoms with Crippen LogP contribution in [0.1, 0.15) is 37.3 Å². The SMILES string of the molecule is Cc1cccc2c1nc(NN)n2C1CCCC1. The number of nitrogens with one attached hydrogen (secondary N) is 1. The molecule has 0 amide bonds. The molecule has 0 saturated heterocycles. The Morgan fingerprint density at radius 1 is 1.35 bits per heavy atom. The average Bonchev–Trinajstić information content (AvgIpc) is 2.94. The molecule has 0 unspecified atom stereocenters. The van der Waals surface area contributed by atoms with Gasteiger partial charge < -0.3 is 4.57 Å². The number of rotatable bonds is 2. The number of anilines is 1. The number of aryl methyl sites for hydroxylation is 1. The summed E-state index contributed by atoms with van der Waals surface area (Å²) in [4.78, 5) is 4.60. The van der Waals surface area contributed by atoms with E-state index in [0.717, 1.165) is 11.5 Å². The van der Waals surface area contributed by atoms with Gasteiger partial charge in [-0.2, -0.15) is 0 Å². The number of nitrogens with two attached hydrogens (primary N) is 1. The minimum Gasteiger partial charge on any atom is -0.306 e. The maximum absolute atomic E-state index is 5.60. The molecule has 0 spiro atoms. The summed E-state index contributed by atoms with van der Waals surface area (Å²) < 4.78 is 2.27. The lowest BCUT2D eigenvalue weighted by Crippen LogP contribution is -2.15. The standard InChI is InChI=1S/C13H18N4/c1-9-5-4-8-11-12(9)15-13(16-14)17(11)10-6-2-3-7-10/h4-5,8,10H,2-3,6-7,14H2,1H3,(H,15,16). The predicted octanol–water partition coefficient (Wildman–Crippen LogP) is 2.75. The number of fused-ring (bicyclic) bond motifs is 1. The quantitative estimate of drug-likeness (QED) is 0.616. The highest BCUT2D eigenvalue weighted by molar-refractivity contribution is 5.82. The monoisotopic (exact) mass is 230 g/mol. The first kappa shape index (κ1) is 10.6. The van der Waals surface area contributed by atoms with Gasteiger partial charge in [0.15, 0.2) is 0 Å². The Morgan fingerprint density at radius 2 is 2.12 bits per heavy atom. The normalized spacial score (nSPS) is 16.8. The number of benzene rings is 1. The molecule has 1 aliphatic carbocycles. The number of para-hydroxylation sites is 1. The number of imidazole rings is 1. The van der Waals surface area contributed by atoms with Crippen molar-refractivity contribution >= 4 is 17.0 Å². The van der Waals surface area contributed by atoms with Crippen LogP contribution in [-0.2, 0) is 0 Å². The van der Waals surface area contributed by atoms with Crippen LogP contribution in [0.3, 0.4) is 0 Å². The Morgan fingerprint density at radius 3 is 2.82 bits per heavy atom. The summed E-state index contributed by atoms with van der Waals surface area (Å²) in [7, 11) is 0. The van der Waals surface area contributed by atoms with Gasteiger partial charge in [-0.3, -0.25) is 5.43 Å². The largest absolute Gasteiger partial charge is 0.306 e. The fourth-order valence-corrected chi connectivity index (χ4v) is 2.89. The van der Waals surface area contributed by atoms with E-state index in [1.807, 2.05) is 0 Å². The van der Waals surface area contributed by atoms with Crippen LogP contribution in [0.25, 0.3) is 11.0 Å². The van der Waals surface area contributed by atoms with E-state index in [9.17, 15) is 0 Å². The van der Waals surface area contributed by atoms with E-state index in [1.54, 1.807) is 0 Å². The van der Waals surface area contributed by atoms with E-state index in [4.69, 9.17) is 5.84 Å². The fraction of sp³-hybridized carbons (Fsp3) is 0.462. The van der Waals surface area contributed by atoms with Gasteiger partial charge in [0.25, 0.3) is 0 Å². The lowest BCUT2D eigenvalue weighted by molar-refractivity contribution is 0.537. The summed E-state index contributed by atoms with van der Waals surface area (Å²) in [6.07, 6.45) is 5.07. The molecule has 0 radical (unpaired) electrons. The van der Waals surface area contributed by atoms with Crippen molar-refractivity contribution in [2.75, 3.05) is 5.43 Å². The molecule has 1 fully saturated rings.